The maximum Gasteiger partial charge on any atom is 0.225 e. The summed E-state index contributed by atoms with van der Waals surface area (Å²) >= 11 is 0. The highest BCUT2D eigenvalue weighted by Gasteiger charge is 2.34. The van der Waals surface area contributed by atoms with E-state index >= 15 is 0 Å². The summed E-state index contributed by atoms with van der Waals surface area (Å²) in [6, 6.07) is 0. The maximum atomic E-state index is 12.0. The molecule has 0 aromatic heterocycles. The molecule has 0 aromatic carbocycles. The summed E-state index contributed by atoms with van der Waals surface area (Å²) in [6.45, 7) is 19.1. The minimum Gasteiger partial charge on any atom is -0.351 e. The predicted octanol–water partition coefficient (Wildman–Crippen LogP) is 4.00. The molecule has 0 saturated heterocycles. The molecular formula is C15H31NO. The van der Waals surface area contributed by atoms with Crippen LogP contribution in [0.3, 0.4) is 0 Å². The molecule has 0 aliphatic carbocycles. The average molecular weight is 241 g/mol. The van der Waals surface area contributed by atoms with Crippen molar-refractivity contribution in [2.24, 2.45) is 16.7 Å². The van der Waals surface area contributed by atoms with Crippen molar-refractivity contribution < 1.29 is 4.79 Å². The highest BCUT2D eigenvalue weighted by molar-refractivity contribution is 5.81. The fourth-order valence-electron chi connectivity index (χ4n) is 1.88. The summed E-state index contributed by atoms with van der Waals surface area (Å²) in [4.78, 5) is 12.0. The largest absolute Gasteiger partial charge is 0.351 e. The Morgan fingerprint density at radius 3 is 1.71 bits per heavy atom. The summed E-state index contributed by atoms with van der Waals surface area (Å²) in [7, 11) is 0. The molecule has 0 bridgehead atoms. The summed E-state index contributed by atoms with van der Waals surface area (Å²) < 4.78 is 0. The van der Waals surface area contributed by atoms with Crippen molar-refractivity contribution in [1.29, 1.82) is 0 Å². The van der Waals surface area contributed by atoms with Gasteiger partial charge in [-0.3, -0.25) is 4.79 Å². The van der Waals surface area contributed by atoms with Crippen molar-refractivity contribution in [3.63, 3.8) is 0 Å². The minimum atomic E-state index is -0.320. The highest BCUT2D eigenvalue weighted by Crippen LogP contribution is 2.35. The number of carbonyl (C=O) groups is 1. The van der Waals surface area contributed by atoms with E-state index in [0.717, 1.165) is 6.42 Å². The predicted molar refractivity (Wildman–Crippen MR) is 74.9 cm³/mol. The molecule has 0 spiro atoms. The minimum absolute atomic E-state index is 0.127. The molecule has 2 nitrogen and oxygen atoms in total. The zero-order chi connectivity index (χ0) is 14.1. The van der Waals surface area contributed by atoms with Gasteiger partial charge in [-0.25, -0.2) is 0 Å². The van der Waals surface area contributed by atoms with E-state index in [-0.39, 0.29) is 22.3 Å². The lowest BCUT2D eigenvalue weighted by Gasteiger charge is -2.39. The van der Waals surface area contributed by atoms with Gasteiger partial charge < -0.3 is 5.32 Å². The van der Waals surface area contributed by atoms with E-state index in [2.05, 4.69) is 46.9 Å². The zero-order valence-electron chi connectivity index (χ0n) is 13.2. The van der Waals surface area contributed by atoms with Gasteiger partial charge in [-0.05, 0) is 31.6 Å². The molecular weight excluding hydrogens is 210 g/mol. The summed E-state index contributed by atoms with van der Waals surface area (Å²) in [5, 5.41) is 3.17. The molecule has 2 heteroatoms. The second-order valence-corrected chi connectivity index (χ2v) is 7.91. The Labute approximate surface area is 108 Å². The van der Waals surface area contributed by atoms with Crippen LogP contribution in [-0.4, -0.2) is 11.4 Å². The molecule has 0 aliphatic heterocycles. The monoisotopic (exact) mass is 241 g/mol. The number of hydrogen-bond acceptors (Lipinski definition) is 1. The van der Waals surface area contributed by atoms with E-state index in [1.54, 1.807) is 0 Å². The molecule has 0 unspecified atom stereocenters. The lowest BCUT2D eigenvalue weighted by molar-refractivity contribution is -0.130. The Balaban J connectivity index is 4.66. The molecule has 17 heavy (non-hydrogen) atoms. The van der Waals surface area contributed by atoms with Gasteiger partial charge in [0.25, 0.3) is 0 Å². The van der Waals surface area contributed by atoms with Crippen molar-refractivity contribution in [2.75, 3.05) is 0 Å². The van der Waals surface area contributed by atoms with Gasteiger partial charge in [0.1, 0.15) is 0 Å². The van der Waals surface area contributed by atoms with E-state index in [1.165, 1.54) is 0 Å². The van der Waals surface area contributed by atoms with Crippen LogP contribution in [0.25, 0.3) is 0 Å². The van der Waals surface area contributed by atoms with Gasteiger partial charge in [0.05, 0.1) is 0 Å². The standard InChI is InChI=1S/C15H31NO/c1-11(2)14(6,7)10-15(8,9)16-12(17)13(3,4)5/h11H,10H2,1-9H3,(H,16,17). The van der Waals surface area contributed by atoms with Gasteiger partial charge >= 0.3 is 0 Å². The SMILES string of the molecule is CC(C)C(C)(C)CC(C)(C)NC(=O)C(C)(C)C. The topological polar surface area (TPSA) is 29.1 Å². The first kappa shape index (κ1) is 16.5. The highest BCUT2D eigenvalue weighted by atomic mass is 16.2. The van der Waals surface area contributed by atoms with Gasteiger partial charge in [-0.15, -0.1) is 0 Å². The van der Waals surface area contributed by atoms with Crippen LogP contribution >= 0.6 is 0 Å². The van der Waals surface area contributed by atoms with Gasteiger partial charge in [0.15, 0.2) is 0 Å². The number of nitrogens with one attached hydrogen (secondary N) is 1. The van der Waals surface area contributed by atoms with Crippen LogP contribution in [0.2, 0.25) is 0 Å². The van der Waals surface area contributed by atoms with Crippen molar-refractivity contribution in [3.05, 3.63) is 0 Å². The number of amides is 1. The van der Waals surface area contributed by atoms with Crippen molar-refractivity contribution in [2.45, 2.75) is 74.3 Å². The van der Waals surface area contributed by atoms with Gasteiger partial charge in [-0.1, -0.05) is 48.5 Å². The molecule has 0 saturated carbocycles. The molecule has 0 atom stereocenters. The third-order valence-electron chi connectivity index (χ3n) is 3.59. The molecule has 102 valence electrons. The molecule has 0 fully saturated rings. The first-order valence-corrected chi connectivity index (χ1v) is 6.60. The average Bonchev–Trinajstić information content (AvgIpc) is 1.98. The second-order valence-electron chi connectivity index (χ2n) is 7.91. The van der Waals surface area contributed by atoms with Crippen LogP contribution in [0, 0.1) is 16.7 Å². The summed E-state index contributed by atoms with van der Waals surface area (Å²) in [5.41, 5.74) is -0.244. The van der Waals surface area contributed by atoms with Gasteiger partial charge in [0.2, 0.25) is 5.91 Å². The summed E-state index contributed by atoms with van der Waals surface area (Å²) in [5.74, 6) is 0.732. The first-order chi connectivity index (χ1) is 7.28. The van der Waals surface area contributed by atoms with Crippen LogP contribution in [0.4, 0.5) is 0 Å². The van der Waals surface area contributed by atoms with Crippen LogP contribution < -0.4 is 5.32 Å². The zero-order valence-corrected chi connectivity index (χ0v) is 13.2. The van der Waals surface area contributed by atoms with Gasteiger partial charge in [0, 0.05) is 11.0 Å². The van der Waals surface area contributed by atoms with Crippen molar-refractivity contribution in [3.8, 4) is 0 Å². The Kier molecular flexibility index (Phi) is 4.84. The number of rotatable bonds is 4. The first-order valence-electron chi connectivity index (χ1n) is 6.60. The lowest BCUT2D eigenvalue weighted by Crippen LogP contribution is -2.50. The second kappa shape index (κ2) is 4.99. The molecule has 0 radical (unpaired) electrons. The van der Waals surface area contributed by atoms with Gasteiger partial charge in [-0.2, -0.15) is 0 Å². The summed E-state index contributed by atoms with van der Waals surface area (Å²) in [6.07, 6.45) is 0.986. The normalized spacial score (nSPS) is 14.0. The number of carbonyl (C=O) groups excluding carboxylic acids is 1. The molecule has 0 aromatic rings. The lowest BCUT2D eigenvalue weighted by atomic mass is 9.72. The molecule has 0 aliphatic rings. The fourth-order valence-corrected chi connectivity index (χ4v) is 1.88. The van der Waals surface area contributed by atoms with E-state index in [4.69, 9.17) is 0 Å². The Morgan fingerprint density at radius 1 is 1.00 bits per heavy atom. The fraction of sp³-hybridized carbons (Fsp3) is 0.933. The van der Waals surface area contributed by atoms with Crippen LogP contribution in [-0.2, 0) is 4.79 Å². The third-order valence-corrected chi connectivity index (χ3v) is 3.59. The molecule has 1 N–H and O–H groups in total. The maximum absolute atomic E-state index is 12.0. The quantitative estimate of drug-likeness (QED) is 0.792. The Bertz CT molecular complexity index is 269. The number of hydrogen-bond donors (Lipinski definition) is 1. The van der Waals surface area contributed by atoms with E-state index < -0.39 is 0 Å². The van der Waals surface area contributed by atoms with Crippen molar-refractivity contribution >= 4 is 5.91 Å². The van der Waals surface area contributed by atoms with E-state index in [0.29, 0.717) is 5.92 Å². The van der Waals surface area contributed by atoms with E-state index in [1.807, 2.05) is 20.8 Å². The van der Waals surface area contributed by atoms with E-state index in [9.17, 15) is 4.79 Å². The third kappa shape index (κ3) is 5.56. The van der Waals surface area contributed by atoms with Crippen LogP contribution in [0.5, 0.6) is 0 Å². The molecule has 1 amide bonds. The Hall–Kier alpha value is -0.530. The smallest absolute Gasteiger partial charge is 0.225 e. The van der Waals surface area contributed by atoms with Crippen LogP contribution in [0.1, 0.15) is 68.7 Å². The molecule has 0 heterocycles. The van der Waals surface area contributed by atoms with Crippen molar-refractivity contribution in [1.82, 2.24) is 5.32 Å². The molecule has 0 rings (SSSR count). The van der Waals surface area contributed by atoms with Crippen LogP contribution in [0.15, 0.2) is 0 Å². The Morgan fingerprint density at radius 2 is 1.41 bits per heavy atom.